The predicted molar refractivity (Wildman–Crippen MR) is 120 cm³/mol. The average Bonchev–Trinajstić information content (AvgIpc) is 2.69. The first-order valence-electron chi connectivity index (χ1n) is 8.22. The molecular formula is C20H14BrClN2O4S. The van der Waals surface area contributed by atoms with E-state index in [1.807, 2.05) is 24.3 Å². The normalized spacial score (nSPS) is 10.4. The fourth-order valence-corrected chi connectivity index (χ4v) is 3.90. The number of rotatable bonds is 4. The first-order valence-corrected chi connectivity index (χ1v) is 9.80. The van der Waals surface area contributed by atoms with Crippen LogP contribution >= 0.6 is 39.7 Å². The lowest BCUT2D eigenvalue weighted by Crippen LogP contribution is -2.34. The second-order valence-corrected chi connectivity index (χ2v) is 7.51. The number of ether oxygens (including phenoxy) is 1. The fraction of sp³-hybridized carbons (Fsp3) is 0.0500. The van der Waals surface area contributed by atoms with Gasteiger partial charge in [0.25, 0.3) is 5.91 Å². The summed E-state index contributed by atoms with van der Waals surface area (Å²) in [5.74, 6) is -1.26. The number of halogens is 2. The maximum atomic E-state index is 12.8. The Kier molecular flexibility index (Phi) is 6.36. The van der Waals surface area contributed by atoms with E-state index < -0.39 is 11.9 Å². The Hall–Kier alpha value is -2.68. The third-order valence-electron chi connectivity index (χ3n) is 4.07. The third-order valence-corrected chi connectivity index (χ3v) is 5.39. The van der Waals surface area contributed by atoms with E-state index >= 15 is 0 Å². The van der Waals surface area contributed by atoms with Gasteiger partial charge in [-0.05, 0) is 63.2 Å². The number of carbonyl (C=O) groups is 2. The van der Waals surface area contributed by atoms with Crippen LogP contribution in [0.3, 0.4) is 0 Å². The van der Waals surface area contributed by atoms with E-state index in [1.165, 1.54) is 19.2 Å². The molecule has 0 unspecified atom stereocenters. The van der Waals surface area contributed by atoms with Crippen LogP contribution in [0, 0.1) is 0 Å². The molecule has 0 aliphatic carbocycles. The molecule has 0 spiro atoms. The van der Waals surface area contributed by atoms with E-state index in [0.29, 0.717) is 21.5 Å². The van der Waals surface area contributed by atoms with E-state index in [0.717, 1.165) is 10.8 Å². The maximum Gasteiger partial charge on any atom is 0.337 e. The zero-order valence-electron chi connectivity index (χ0n) is 15.0. The highest BCUT2D eigenvalue weighted by Crippen LogP contribution is 2.36. The van der Waals surface area contributed by atoms with Gasteiger partial charge in [-0.1, -0.05) is 35.9 Å². The van der Waals surface area contributed by atoms with E-state index in [4.69, 9.17) is 33.7 Å². The van der Waals surface area contributed by atoms with Gasteiger partial charge in [-0.15, -0.1) is 0 Å². The molecule has 0 saturated carbocycles. The number of carboxylic acids is 1. The molecule has 0 radical (unpaired) electrons. The van der Waals surface area contributed by atoms with Gasteiger partial charge in [-0.25, -0.2) is 4.79 Å². The summed E-state index contributed by atoms with van der Waals surface area (Å²) < 4.78 is 6.07. The van der Waals surface area contributed by atoms with Crippen molar-refractivity contribution >= 4 is 73.2 Å². The molecule has 29 heavy (non-hydrogen) atoms. The van der Waals surface area contributed by atoms with Crippen LogP contribution in [0.2, 0.25) is 5.02 Å². The van der Waals surface area contributed by atoms with E-state index in [1.54, 1.807) is 12.1 Å². The molecule has 3 N–H and O–H groups in total. The number of hydrogen-bond acceptors (Lipinski definition) is 4. The average molecular weight is 494 g/mol. The van der Waals surface area contributed by atoms with Crippen molar-refractivity contribution in [3.63, 3.8) is 0 Å². The number of benzene rings is 3. The van der Waals surface area contributed by atoms with E-state index in [-0.39, 0.29) is 15.7 Å². The molecule has 0 aromatic heterocycles. The highest BCUT2D eigenvalue weighted by Gasteiger charge is 2.19. The molecule has 3 aromatic carbocycles. The number of nitrogens with one attached hydrogen (secondary N) is 2. The molecule has 0 heterocycles. The molecule has 6 nitrogen and oxygen atoms in total. The van der Waals surface area contributed by atoms with Crippen LogP contribution in [0.15, 0.2) is 53.0 Å². The van der Waals surface area contributed by atoms with Gasteiger partial charge < -0.3 is 15.2 Å². The molecule has 9 heteroatoms. The number of thiocarbonyl (C=S) groups is 1. The van der Waals surface area contributed by atoms with Gasteiger partial charge in [0.05, 0.1) is 27.7 Å². The Labute approximate surface area is 184 Å². The maximum absolute atomic E-state index is 12.8. The van der Waals surface area contributed by atoms with Crippen LogP contribution in [-0.4, -0.2) is 29.2 Å². The Bertz CT molecular complexity index is 1150. The minimum absolute atomic E-state index is 0.00000430. The molecule has 3 rings (SSSR count). The molecular weight excluding hydrogens is 480 g/mol. The lowest BCUT2D eigenvalue weighted by atomic mass is 10.1. The molecule has 148 valence electrons. The van der Waals surface area contributed by atoms with E-state index in [9.17, 15) is 9.59 Å². The summed E-state index contributed by atoms with van der Waals surface area (Å²) in [4.78, 5) is 24.0. The minimum atomic E-state index is -1.17. The van der Waals surface area contributed by atoms with Crippen LogP contribution in [0.25, 0.3) is 10.8 Å². The molecule has 3 aromatic rings. The Morgan fingerprint density at radius 1 is 1.14 bits per heavy atom. The molecule has 0 saturated heterocycles. The van der Waals surface area contributed by atoms with Gasteiger partial charge in [0.1, 0.15) is 5.75 Å². The zero-order valence-corrected chi connectivity index (χ0v) is 18.1. The smallest absolute Gasteiger partial charge is 0.337 e. The van der Waals surface area contributed by atoms with Gasteiger partial charge in [-0.3, -0.25) is 10.1 Å². The molecule has 0 aliphatic rings. The van der Waals surface area contributed by atoms with Gasteiger partial charge >= 0.3 is 5.97 Å². The van der Waals surface area contributed by atoms with Crippen molar-refractivity contribution < 1.29 is 19.4 Å². The number of fused-ring (bicyclic) bond motifs is 1. The Morgan fingerprint density at radius 3 is 2.55 bits per heavy atom. The molecule has 0 atom stereocenters. The number of amides is 1. The SMILES string of the molecule is COc1c(C(=O)NC(=S)Nc2ccc(Cl)c(C(=O)O)c2)cc2ccccc2c1Br. The van der Waals surface area contributed by atoms with Gasteiger partial charge in [0.15, 0.2) is 5.11 Å². The first-order chi connectivity index (χ1) is 13.8. The van der Waals surface area contributed by atoms with Crippen molar-refractivity contribution in [3.8, 4) is 5.75 Å². The molecule has 0 bridgehead atoms. The molecule has 0 aliphatic heterocycles. The quantitative estimate of drug-likeness (QED) is 0.439. The van der Waals surface area contributed by atoms with Crippen molar-refractivity contribution in [3.05, 3.63) is 69.2 Å². The van der Waals surface area contributed by atoms with Gasteiger partial charge in [0, 0.05) is 5.69 Å². The van der Waals surface area contributed by atoms with Crippen LogP contribution in [0.1, 0.15) is 20.7 Å². The fourth-order valence-electron chi connectivity index (χ4n) is 2.75. The lowest BCUT2D eigenvalue weighted by Gasteiger charge is -2.15. The largest absolute Gasteiger partial charge is 0.495 e. The number of aromatic carboxylic acids is 1. The highest BCUT2D eigenvalue weighted by molar-refractivity contribution is 9.10. The highest BCUT2D eigenvalue weighted by atomic mass is 79.9. The topological polar surface area (TPSA) is 87.7 Å². The summed E-state index contributed by atoms with van der Waals surface area (Å²) in [7, 11) is 1.48. The Morgan fingerprint density at radius 2 is 1.86 bits per heavy atom. The lowest BCUT2D eigenvalue weighted by molar-refractivity contribution is 0.0697. The first kappa shape index (κ1) is 21.0. The summed E-state index contributed by atoms with van der Waals surface area (Å²) >= 11 is 14.5. The summed E-state index contributed by atoms with van der Waals surface area (Å²) in [6.45, 7) is 0. The number of carbonyl (C=O) groups excluding carboxylic acids is 1. The van der Waals surface area contributed by atoms with Crippen LogP contribution in [0.4, 0.5) is 5.69 Å². The standard InChI is InChI=1S/C20H14BrClN2O4S/c1-28-17-14(8-10-4-2-3-5-12(10)16(17)21)18(25)24-20(29)23-11-6-7-15(22)13(9-11)19(26)27/h2-9H,1H3,(H,26,27)(H2,23,24,25,29). The van der Waals surface area contributed by atoms with Crippen molar-refractivity contribution in [2.24, 2.45) is 0 Å². The van der Waals surface area contributed by atoms with Crippen LogP contribution < -0.4 is 15.4 Å². The monoisotopic (exact) mass is 492 g/mol. The predicted octanol–water partition coefficient (Wildman–Crippen LogP) is 5.09. The number of hydrogen-bond donors (Lipinski definition) is 3. The van der Waals surface area contributed by atoms with E-state index in [2.05, 4.69) is 26.6 Å². The van der Waals surface area contributed by atoms with Crippen molar-refractivity contribution in [2.75, 3.05) is 12.4 Å². The molecule has 0 fully saturated rings. The zero-order chi connectivity index (χ0) is 21.1. The van der Waals surface area contributed by atoms with Crippen LogP contribution in [0.5, 0.6) is 5.75 Å². The number of methoxy groups -OCH3 is 1. The van der Waals surface area contributed by atoms with Gasteiger partial charge in [-0.2, -0.15) is 0 Å². The number of anilines is 1. The number of carboxylic acid groups (broad SMARTS) is 1. The Balaban J connectivity index is 1.84. The van der Waals surface area contributed by atoms with Crippen molar-refractivity contribution in [2.45, 2.75) is 0 Å². The van der Waals surface area contributed by atoms with Crippen LogP contribution in [-0.2, 0) is 0 Å². The summed E-state index contributed by atoms with van der Waals surface area (Å²) in [5.41, 5.74) is 0.597. The second-order valence-electron chi connectivity index (χ2n) is 5.90. The van der Waals surface area contributed by atoms with Crippen molar-refractivity contribution in [1.82, 2.24) is 5.32 Å². The summed E-state index contributed by atoms with van der Waals surface area (Å²) in [6, 6.07) is 13.6. The van der Waals surface area contributed by atoms with Gasteiger partial charge in [0.2, 0.25) is 0 Å². The summed E-state index contributed by atoms with van der Waals surface area (Å²) in [6.07, 6.45) is 0. The minimum Gasteiger partial charge on any atom is -0.495 e. The second kappa shape index (κ2) is 8.77. The molecule has 1 amide bonds. The third kappa shape index (κ3) is 4.50. The van der Waals surface area contributed by atoms with Crippen molar-refractivity contribution in [1.29, 1.82) is 0 Å². The summed E-state index contributed by atoms with van der Waals surface area (Å²) in [5, 5.41) is 16.4.